The van der Waals surface area contributed by atoms with Crippen LogP contribution < -0.4 is 15.6 Å². The van der Waals surface area contributed by atoms with Gasteiger partial charge in [-0.1, -0.05) is 15.9 Å². The van der Waals surface area contributed by atoms with Crippen molar-refractivity contribution in [2.24, 2.45) is 0 Å². The maximum absolute atomic E-state index is 12.9. The van der Waals surface area contributed by atoms with Gasteiger partial charge in [0.05, 0.1) is 10.3 Å². The molecule has 31 heavy (non-hydrogen) atoms. The molecule has 0 saturated carbocycles. The van der Waals surface area contributed by atoms with Crippen molar-refractivity contribution >= 4 is 49.1 Å². The summed E-state index contributed by atoms with van der Waals surface area (Å²) < 4.78 is 8.53. The summed E-state index contributed by atoms with van der Waals surface area (Å²) in [5.74, 6) is 1.97. The lowest BCUT2D eigenvalue weighted by atomic mass is 10.2. The lowest BCUT2D eigenvalue weighted by Gasteiger charge is -2.08. The number of nitrogens with zero attached hydrogens (tertiary/aromatic N) is 2. The molecule has 0 spiro atoms. The molecule has 0 radical (unpaired) electrons. The van der Waals surface area contributed by atoms with Crippen LogP contribution in [0.2, 0.25) is 0 Å². The molecule has 1 aliphatic heterocycles. The summed E-state index contributed by atoms with van der Waals surface area (Å²) in [5, 5.41) is 3.46. The Balaban J connectivity index is 1.36. The van der Waals surface area contributed by atoms with E-state index >= 15 is 0 Å². The van der Waals surface area contributed by atoms with Crippen LogP contribution in [0.4, 0.5) is 5.69 Å². The molecule has 156 valence electrons. The summed E-state index contributed by atoms with van der Waals surface area (Å²) in [6, 6.07) is 14.7. The van der Waals surface area contributed by atoms with Gasteiger partial charge in [-0.2, -0.15) is 0 Å². The van der Waals surface area contributed by atoms with Crippen molar-refractivity contribution in [1.29, 1.82) is 0 Å². The first-order valence-electron chi connectivity index (χ1n) is 9.87. The third-order valence-corrected chi connectivity index (χ3v) is 6.99. The number of hydrogen-bond donors (Lipinski definition) is 1. The molecule has 0 saturated heterocycles. The molecule has 1 aliphatic rings. The molecule has 1 N–H and O–H groups in total. The first kappa shape index (κ1) is 20.0. The van der Waals surface area contributed by atoms with E-state index in [2.05, 4.69) is 26.2 Å². The number of halogens is 1. The van der Waals surface area contributed by atoms with Crippen molar-refractivity contribution in [2.45, 2.75) is 26.3 Å². The van der Waals surface area contributed by atoms with E-state index in [0.717, 1.165) is 28.9 Å². The molecule has 0 bridgehead atoms. The molecule has 6 nitrogen and oxygen atoms in total. The molecule has 2 aromatic heterocycles. The van der Waals surface area contributed by atoms with Gasteiger partial charge < -0.3 is 10.1 Å². The average molecular weight is 496 g/mol. The number of amides is 1. The SMILES string of the molecule is Cc1c(C(=O)Nc2ccc(Oc3ccc(Br)cc3)cc2)sc2nc3n(c(=O)c12)CCC3. The zero-order valence-corrected chi connectivity index (χ0v) is 19.0. The number of hydrogen-bond acceptors (Lipinski definition) is 5. The summed E-state index contributed by atoms with van der Waals surface area (Å²) in [4.78, 5) is 31.5. The van der Waals surface area contributed by atoms with E-state index in [0.29, 0.717) is 38.6 Å². The highest BCUT2D eigenvalue weighted by Gasteiger charge is 2.23. The quantitative estimate of drug-likeness (QED) is 0.404. The van der Waals surface area contributed by atoms with Crippen LogP contribution in [-0.4, -0.2) is 15.5 Å². The first-order valence-corrected chi connectivity index (χ1v) is 11.5. The zero-order chi connectivity index (χ0) is 21.5. The molecular weight excluding hydrogens is 478 g/mol. The Bertz CT molecular complexity index is 1360. The second-order valence-corrected chi connectivity index (χ2v) is 9.27. The Kier molecular flexibility index (Phi) is 5.11. The maximum atomic E-state index is 12.9. The minimum Gasteiger partial charge on any atom is -0.457 e. The lowest BCUT2D eigenvalue weighted by molar-refractivity contribution is 0.103. The number of thiophene rings is 1. The normalized spacial score (nSPS) is 12.7. The molecule has 1 amide bonds. The summed E-state index contributed by atoms with van der Waals surface area (Å²) in [5.41, 5.74) is 1.30. The van der Waals surface area contributed by atoms with Crippen LogP contribution in [0, 0.1) is 6.92 Å². The third kappa shape index (κ3) is 3.77. The highest BCUT2D eigenvalue weighted by molar-refractivity contribution is 9.10. The first-order chi connectivity index (χ1) is 15.0. The van der Waals surface area contributed by atoms with Crippen molar-refractivity contribution in [2.75, 3.05) is 5.32 Å². The van der Waals surface area contributed by atoms with Crippen molar-refractivity contribution in [3.05, 3.63) is 79.6 Å². The van der Waals surface area contributed by atoms with Gasteiger partial charge >= 0.3 is 0 Å². The number of aryl methyl sites for hydroxylation is 2. The molecule has 3 heterocycles. The molecule has 0 atom stereocenters. The number of anilines is 1. The number of benzene rings is 2. The maximum Gasteiger partial charge on any atom is 0.266 e. The van der Waals surface area contributed by atoms with E-state index in [4.69, 9.17) is 4.74 Å². The van der Waals surface area contributed by atoms with Gasteiger partial charge in [-0.25, -0.2) is 4.98 Å². The Labute approximate surface area is 190 Å². The Hall–Kier alpha value is -2.97. The van der Waals surface area contributed by atoms with E-state index in [-0.39, 0.29) is 11.5 Å². The van der Waals surface area contributed by atoms with Crippen molar-refractivity contribution in [1.82, 2.24) is 9.55 Å². The van der Waals surface area contributed by atoms with Crippen LogP contribution in [0.25, 0.3) is 10.2 Å². The predicted molar refractivity (Wildman–Crippen MR) is 126 cm³/mol. The summed E-state index contributed by atoms with van der Waals surface area (Å²) in [7, 11) is 0. The van der Waals surface area contributed by atoms with E-state index in [1.54, 1.807) is 28.8 Å². The predicted octanol–water partition coefficient (Wildman–Crippen LogP) is 5.52. The van der Waals surface area contributed by atoms with E-state index in [9.17, 15) is 9.59 Å². The Morgan fingerprint density at radius 1 is 1.13 bits per heavy atom. The largest absolute Gasteiger partial charge is 0.457 e. The van der Waals surface area contributed by atoms with Crippen LogP contribution in [0.5, 0.6) is 11.5 Å². The van der Waals surface area contributed by atoms with Crippen LogP contribution >= 0.6 is 27.3 Å². The number of carbonyl (C=O) groups is 1. The highest BCUT2D eigenvalue weighted by atomic mass is 79.9. The van der Waals surface area contributed by atoms with Crippen molar-refractivity contribution in [3.8, 4) is 11.5 Å². The second-order valence-electron chi connectivity index (χ2n) is 7.36. The smallest absolute Gasteiger partial charge is 0.266 e. The van der Waals surface area contributed by atoms with Gasteiger partial charge in [0, 0.05) is 23.1 Å². The number of aromatic nitrogens is 2. The minimum absolute atomic E-state index is 0.0419. The van der Waals surface area contributed by atoms with E-state index < -0.39 is 0 Å². The summed E-state index contributed by atoms with van der Waals surface area (Å²) >= 11 is 4.67. The fraction of sp³-hybridized carbons (Fsp3) is 0.174. The fourth-order valence-corrected chi connectivity index (χ4v) is 5.07. The van der Waals surface area contributed by atoms with E-state index in [1.165, 1.54) is 11.3 Å². The third-order valence-electron chi connectivity index (χ3n) is 5.28. The van der Waals surface area contributed by atoms with Crippen LogP contribution in [-0.2, 0) is 13.0 Å². The van der Waals surface area contributed by atoms with Crippen molar-refractivity contribution < 1.29 is 9.53 Å². The monoisotopic (exact) mass is 495 g/mol. The fourth-order valence-electron chi connectivity index (χ4n) is 3.72. The zero-order valence-electron chi connectivity index (χ0n) is 16.6. The number of carbonyl (C=O) groups excluding carboxylic acids is 1. The second kappa shape index (κ2) is 7.94. The van der Waals surface area contributed by atoms with Gasteiger partial charge in [0.15, 0.2) is 0 Å². The number of ether oxygens (including phenoxy) is 1. The molecule has 5 rings (SSSR count). The summed E-state index contributed by atoms with van der Waals surface area (Å²) in [6.07, 6.45) is 1.74. The van der Waals surface area contributed by atoms with Gasteiger partial charge in [0.25, 0.3) is 11.5 Å². The van der Waals surface area contributed by atoms with Crippen molar-refractivity contribution in [3.63, 3.8) is 0 Å². The number of rotatable bonds is 4. The number of nitrogens with one attached hydrogen (secondary N) is 1. The van der Waals surface area contributed by atoms with Gasteiger partial charge in [0.1, 0.15) is 22.2 Å². The topological polar surface area (TPSA) is 73.2 Å². The summed E-state index contributed by atoms with van der Waals surface area (Å²) in [6.45, 7) is 2.51. The molecule has 2 aromatic carbocycles. The van der Waals surface area contributed by atoms with Gasteiger partial charge in [-0.15, -0.1) is 11.3 Å². The van der Waals surface area contributed by atoms with Crippen LogP contribution in [0.15, 0.2) is 57.8 Å². The number of fused-ring (bicyclic) bond motifs is 2. The Morgan fingerprint density at radius 2 is 1.81 bits per heavy atom. The van der Waals surface area contributed by atoms with Crippen LogP contribution in [0.3, 0.4) is 0 Å². The standard InChI is InChI=1S/C23H18BrN3O3S/c1-13-19-22(26-18-3-2-12-27(18)23(19)29)31-20(13)21(28)25-15-6-10-17(11-7-15)30-16-8-4-14(24)5-9-16/h4-11H,2-3,12H2,1H3,(H,25,28). The Morgan fingerprint density at radius 3 is 2.52 bits per heavy atom. The molecule has 4 aromatic rings. The molecular formula is C23H18BrN3O3S. The minimum atomic E-state index is -0.244. The molecule has 0 unspecified atom stereocenters. The van der Waals surface area contributed by atoms with Gasteiger partial charge in [-0.05, 0) is 67.4 Å². The van der Waals surface area contributed by atoms with E-state index in [1.807, 2.05) is 31.2 Å². The molecule has 8 heteroatoms. The van der Waals surface area contributed by atoms with Gasteiger partial charge in [0.2, 0.25) is 0 Å². The van der Waals surface area contributed by atoms with Crippen LogP contribution in [0.1, 0.15) is 27.5 Å². The molecule has 0 aliphatic carbocycles. The molecule has 0 fully saturated rings. The van der Waals surface area contributed by atoms with Gasteiger partial charge in [-0.3, -0.25) is 14.2 Å². The highest BCUT2D eigenvalue weighted by Crippen LogP contribution is 2.30. The average Bonchev–Trinajstić information content (AvgIpc) is 3.36. The lowest BCUT2D eigenvalue weighted by Crippen LogP contribution is -2.20.